The molecular formula is C13H21NOS. The van der Waals surface area contributed by atoms with Crippen LogP contribution in [-0.4, -0.2) is 23.5 Å². The van der Waals surface area contributed by atoms with E-state index in [9.17, 15) is 0 Å². The summed E-state index contributed by atoms with van der Waals surface area (Å²) in [5, 5.41) is 12.7. The van der Waals surface area contributed by atoms with E-state index in [1.807, 2.05) is 6.92 Å². The van der Waals surface area contributed by atoms with Crippen LogP contribution in [0.15, 0.2) is 23.1 Å². The van der Waals surface area contributed by atoms with E-state index >= 15 is 0 Å². The van der Waals surface area contributed by atoms with Gasteiger partial charge in [-0.1, -0.05) is 31.5 Å². The Labute approximate surface area is 102 Å². The molecule has 1 aromatic rings. The van der Waals surface area contributed by atoms with E-state index in [1.165, 1.54) is 16.0 Å². The number of thioether (sulfide) groups is 1. The third-order valence-electron chi connectivity index (χ3n) is 2.37. The number of aliphatic hydroxyl groups excluding tert-OH is 1. The number of nitrogens with one attached hydrogen (secondary N) is 1. The molecule has 0 bridgehead atoms. The monoisotopic (exact) mass is 239 g/mol. The Bertz CT molecular complexity index is 328. The lowest BCUT2D eigenvalue weighted by Crippen LogP contribution is -2.13. The van der Waals surface area contributed by atoms with Gasteiger partial charge in [0, 0.05) is 16.7 Å². The molecule has 0 spiro atoms. The molecule has 1 aromatic carbocycles. The Morgan fingerprint density at radius 2 is 2.19 bits per heavy atom. The second kappa shape index (κ2) is 6.94. The molecule has 0 aliphatic carbocycles. The van der Waals surface area contributed by atoms with Crippen LogP contribution in [0.4, 0.5) is 0 Å². The molecule has 0 aliphatic rings. The number of hydrogen-bond acceptors (Lipinski definition) is 3. The lowest BCUT2D eigenvalue weighted by Gasteiger charge is -2.13. The minimum absolute atomic E-state index is 0.221. The Balaban J connectivity index is 2.80. The van der Waals surface area contributed by atoms with Crippen LogP contribution in [0.2, 0.25) is 0 Å². The highest BCUT2D eigenvalue weighted by Gasteiger charge is 2.07. The molecule has 0 radical (unpaired) electrons. The summed E-state index contributed by atoms with van der Waals surface area (Å²) in [6, 6.07) is 6.50. The Morgan fingerprint density at radius 1 is 1.44 bits per heavy atom. The van der Waals surface area contributed by atoms with Crippen LogP contribution in [-0.2, 0) is 6.54 Å². The molecule has 2 nitrogen and oxygen atoms in total. The summed E-state index contributed by atoms with van der Waals surface area (Å²) in [7, 11) is 0. The summed E-state index contributed by atoms with van der Waals surface area (Å²) < 4.78 is 0. The van der Waals surface area contributed by atoms with E-state index in [4.69, 9.17) is 5.11 Å². The van der Waals surface area contributed by atoms with E-state index in [1.54, 1.807) is 11.8 Å². The van der Waals surface area contributed by atoms with Gasteiger partial charge in [0.2, 0.25) is 0 Å². The largest absolute Gasteiger partial charge is 0.395 e. The van der Waals surface area contributed by atoms with Crippen molar-refractivity contribution in [3.05, 3.63) is 29.3 Å². The molecule has 16 heavy (non-hydrogen) atoms. The maximum absolute atomic E-state index is 9.08. The van der Waals surface area contributed by atoms with Gasteiger partial charge in [0.25, 0.3) is 0 Å². The SMILES string of the molecule is CCNCc1cc(C)ccc1SC(C)CO. The number of aryl methyl sites for hydroxylation is 1. The van der Waals surface area contributed by atoms with Gasteiger partial charge >= 0.3 is 0 Å². The molecule has 0 aromatic heterocycles. The molecule has 0 aliphatic heterocycles. The molecule has 1 atom stereocenters. The molecule has 0 fully saturated rings. The minimum atomic E-state index is 0.221. The van der Waals surface area contributed by atoms with Gasteiger partial charge in [-0.15, -0.1) is 11.8 Å². The molecule has 0 saturated heterocycles. The van der Waals surface area contributed by atoms with Gasteiger partial charge in [0.1, 0.15) is 0 Å². The van der Waals surface area contributed by atoms with Gasteiger partial charge in [-0.05, 0) is 25.1 Å². The first kappa shape index (κ1) is 13.6. The highest BCUT2D eigenvalue weighted by Crippen LogP contribution is 2.27. The van der Waals surface area contributed by atoms with Gasteiger partial charge < -0.3 is 10.4 Å². The van der Waals surface area contributed by atoms with Gasteiger partial charge in [-0.25, -0.2) is 0 Å². The summed E-state index contributed by atoms with van der Waals surface area (Å²) in [5.41, 5.74) is 2.61. The Hall–Kier alpha value is -0.510. The molecule has 0 amide bonds. The van der Waals surface area contributed by atoms with Crippen molar-refractivity contribution in [3.63, 3.8) is 0 Å². The predicted octanol–water partition coefficient (Wildman–Crippen LogP) is 2.58. The van der Waals surface area contributed by atoms with E-state index in [-0.39, 0.29) is 11.9 Å². The van der Waals surface area contributed by atoms with Crippen LogP contribution in [0.5, 0.6) is 0 Å². The van der Waals surface area contributed by atoms with E-state index in [2.05, 4.69) is 37.4 Å². The average molecular weight is 239 g/mol. The van der Waals surface area contributed by atoms with Gasteiger partial charge in [-0.2, -0.15) is 0 Å². The van der Waals surface area contributed by atoms with Crippen molar-refractivity contribution in [2.45, 2.75) is 37.5 Å². The van der Waals surface area contributed by atoms with Crippen molar-refractivity contribution >= 4 is 11.8 Å². The fraction of sp³-hybridized carbons (Fsp3) is 0.538. The van der Waals surface area contributed by atoms with Crippen LogP contribution in [0.3, 0.4) is 0 Å². The molecule has 1 unspecified atom stereocenters. The number of rotatable bonds is 6. The van der Waals surface area contributed by atoms with Crippen molar-refractivity contribution in [2.75, 3.05) is 13.2 Å². The molecule has 0 heterocycles. The summed E-state index contributed by atoms with van der Waals surface area (Å²) in [6.07, 6.45) is 0. The number of hydrogen-bond donors (Lipinski definition) is 2. The standard InChI is InChI=1S/C13H21NOS/c1-4-14-8-12-7-10(2)5-6-13(12)16-11(3)9-15/h5-7,11,14-15H,4,8-9H2,1-3H3. The normalized spacial score (nSPS) is 12.8. The Kier molecular flexibility index (Phi) is 5.88. The topological polar surface area (TPSA) is 32.3 Å². The van der Waals surface area contributed by atoms with Gasteiger partial charge in [-0.3, -0.25) is 0 Å². The first-order valence-corrected chi connectivity index (χ1v) is 6.63. The van der Waals surface area contributed by atoms with Crippen LogP contribution < -0.4 is 5.32 Å². The summed E-state index contributed by atoms with van der Waals surface area (Å²) in [6.45, 7) is 8.37. The van der Waals surface area contributed by atoms with Crippen molar-refractivity contribution in [2.24, 2.45) is 0 Å². The highest BCUT2D eigenvalue weighted by molar-refractivity contribution is 8.00. The van der Waals surface area contributed by atoms with Crippen LogP contribution in [0.1, 0.15) is 25.0 Å². The Morgan fingerprint density at radius 3 is 2.81 bits per heavy atom. The molecule has 0 saturated carbocycles. The zero-order valence-electron chi connectivity index (χ0n) is 10.3. The van der Waals surface area contributed by atoms with Crippen LogP contribution in [0.25, 0.3) is 0 Å². The second-order valence-corrected chi connectivity index (χ2v) is 5.48. The van der Waals surface area contributed by atoms with Crippen LogP contribution in [0, 0.1) is 6.92 Å². The van der Waals surface area contributed by atoms with Crippen molar-refractivity contribution in [1.82, 2.24) is 5.32 Å². The second-order valence-electron chi connectivity index (χ2n) is 4.00. The van der Waals surface area contributed by atoms with Crippen molar-refractivity contribution in [1.29, 1.82) is 0 Å². The first-order valence-electron chi connectivity index (χ1n) is 5.75. The maximum Gasteiger partial charge on any atom is 0.0550 e. The lowest BCUT2D eigenvalue weighted by atomic mass is 10.1. The predicted molar refractivity (Wildman–Crippen MR) is 71.0 cm³/mol. The van der Waals surface area contributed by atoms with E-state index in [0.717, 1.165) is 13.1 Å². The third-order valence-corrected chi connectivity index (χ3v) is 3.57. The molecular weight excluding hydrogens is 218 g/mol. The third kappa shape index (κ3) is 4.16. The zero-order valence-corrected chi connectivity index (χ0v) is 11.1. The number of benzene rings is 1. The summed E-state index contributed by atoms with van der Waals surface area (Å²) in [4.78, 5) is 1.27. The van der Waals surface area contributed by atoms with E-state index in [0.29, 0.717) is 0 Å². The van der Waals surface area contributed by atoms with Crippen molar-refractivity contribution in [3.8, 4) is 0 Å². The molecule has 2 N–H and O–H groups in total. The van der Waals surface area contributed by atoms with Gasteiger partial charge in [0.15, 0.2) is 0 Å². The molecule has 3 heteroatoms. The lowest BCUT2D eigenvalue weighted by molar-refractivity contribution is 0.300. The van der Waals surface area contributed by atoms with Crippen molar-refractivity contribution < 1.29 is 5.11 Å². The highest BCUT2D eigenvalue weighted by atomic mass is 32.2. The fourth-order valence-electron chi connectivity index (χ4n) is 1.48. The quantitative estimate of drug-likeness (QED) is 0.748. The summed E-state index contributed by atoms with van der Waals surface area (Å²) in [5.74, 6) is 0. The minimum Gasteiger partial charge on any atom is -0.395 e. The average Bonchev–Trinajstić information content (AvgIpc) is 2.29. The fourth-order valence-corrected chi connectivity index (χ4v) is 2.41. The molecule has 90 valence electrons. The molecule has 1 rings (SSSR count). The number of aliphatic hydroxyl groups is 1. The zero-order chi connectivity index (χ0) is 12.0. The van der Waals surface area contributed by atoms with Gasteiger partial charge in [0.05, 0.1) is 6.61 Å². The van der Waals surface area contributed by atoms with Crippen LogP contribution >= 0.6 is 11.8 Å². The maximum atomic E-state index is 9.08. The summed E-state index contributed by atoms with van der Waals surface area (Å²) >= 11 is 1.74. The smallest absolute Gasteiger partial charge is 0.0550 e. The first-order chi connectivity index (χ1) is 7.67. The van der Waals surface area contributed by atoms with E-state index < -0.39 is 0 Å².